The summed E-state index contributed by atoms with van der Waals surface area (Å²) in [4.78, 5) is 14.5. The minimum atomic E-state index is 0.283. The number of nitrogens with zero attached hydrogens (tertiary/aromatic N) is 4. The van der Waals surface area contributed by atoms with Crippen molar-refractivity contribution in [3.8, 4) is 6.01 Å². The van der Waals surface area contributed by atoms with Crippen LogP contribution >= 0.6 is 0 Å². The van der Waals surface area contributed by atoms with Gasteiger partial charge in [0.15, 0.2) is 0 Å². The molecule has 0 fully saturated rings. The Kier molecular flexibility index (Phi) is 7.59. The molecule has 0 spiro atoms. The van der Waals surface area contributed by atoms with Crippen LogP contribution in [0.1, 0.15) is 26.2 Å². The fourth-order valence-corrected chi connectivity index (χ4v) is 1.51. The summed E-state index contributed by atoms with van der Waals surface area (Å²) in [5.41, 5.74) is 2.41. The SMILES string of the molecule is CCCOc1nc(NN)nc(NCCCCN(C)C)n1. The van der Waals surface area contributed by atoms with Gasteiger partial charge in [-0.3, -0.25) is 5.43 Å². The van der Waals surface area contributed by atoms with Gasteiger partial charge in [0.2, 0.25) is 11.9 Å². The Hall–Kier alpha value is -1.67. The Morgan fingerprint density at radius 3 is 2.55 bits per heavy atom. The summed E-state index contributed by atoms with van der Waals surface area (Å²) in [6.07, 6.45) is 3.05. The maximum atomic E-state index is 5.39. The molecular formula is C12H25N7O. The van der Waals surface area contributed by atoms with E-state index in [9.17, 15) is 0 Å². The van der Waals surface area contributed by atoms with Gasteiger partial charge in [-0.2, -0.15) is 15.0 Å². The van der Waals surface area contributed by atoms with Gasteiger partial charge >= 0.3 is 6.01 Å². The fraction of sp³-hybridized carbons (Fsp3) is 0.750. The van der Waals surface area contributed by atoms with Crippen molar-refractivity contribution >= 4 is 11.9 Å². The standard InChI is InChI=1S/C12H25N7O/c1-4-9-20-12-16-10(15-11(17-12)18-13)14-7-5-6-8-19(2)3/h4-9,13H2,1-3H3,(H2,14,15,16,17,18). The molecule has 0 radical (unpaired) electrons. The van der Waals surface area contributed by atoms with Crippen LogP contribution in [0.2, 0.25) is 0 Å². The van der Waals surface area contributed by atoms with Crippen LogP contribution in [0, 0.1) is 0 Å². The topological polar surface area (TPSA) is 101 Å². The number of ether oxygens (including phenoxy) is 1. The van der Waals surface area contributed by atoms with Gasteiger partial charge in [-0.15, -0.1) is 0 Å². The number of aromatic nitrogens is 3. The molecule has 0 atom stereocenters. The second kappa shape index (κ2) is 9.27. The molecule has 8 heteroatoms. The van der Waals surface area contributed by atoms with Crippen molar-refractivity contribution in [1.29, 1.82) is 0 Å². The van der Waals surface area contributed by atoms with E-state index in [0.717, 1.165) is 32.4 Å². The van der Waals surface area contributed by atoms with E-state index in [-0.39, 0.29) is 6.01 Å². The highest BCUT2D eigenvalue weighted by Crippen LogP contribution is 2.10. The van der Waals surface area contributed by atoms with Crippen molar-refractivity contribution < 1.29 is 4.74 Å². The van der Waals surface area contributed by atoms with E-state index in [4.69, 9.17) is 10.6 Å². The Morgan fingerprint density at radius 2 is 1.90 bits per heavy atom. The number of nitrogens with two attached hydrogens (primary N) is 1. The molecule has 8 nitrogen and oxygen atoms in total. The van der Waals surface area contributed by atoms with Crippen molar-refractivity contribution in [3.05, 3.63) is 0 Å². The van der Waals surface area contributed by atoms with Crippen LogP contribution in [0.3, 0.4) is 0 Å². The van der Waals surface area contributed by atoms with Gasteiger partial charge in [0.25, 0.3) is 0 Å². The van der Waals surface area contributed by atoms with Crippen LogP contribution < -0.4 is 21.3 Å². The van der Waals surface area contributed by atoms with Gasteiger partial charge in [0.05, 0.1) is 6.61 Å². The molecule has 0 saturated carbocycles. The molecule has 1 heterocycles. The number of anilines is 2. The molecule has 0 aromatic carbocycles. The van der Waals surface area contributed by atoms with Crippen molar-refractivity contribution in [2.24, 2.45) is 5.84 Å². The number of hydrazine groups is 1. The first-order valence-electron chi connectivity index (χ1n) is 6.89. The number of hydrogen-bond donors (Lipinski definition) is 3. The minimum absolute atomic E-state index is 0.283. The molecule has 0 saturated heterocycles. The van der Waals surface area contributed by atoms with Gasteiger partial charge in [0, 0.05) is 6.54 Å². The first-order valence-corrected chi connectivity index (χ1v) is 6.89. The number of hydrogen-bond acceptors (Lipinski definition) is 8. The first kappa shape index (κ1) is 16.4. The van der Waals surface area contributed by atoms with E-state index in [2.05, 4.69) is 44.7 Å². The third kappa shape index (κ3) is 6.48. The summed E-state index contributed by atoms with van der Waals surface area (Å²) in [6.45, 7) is 4.46. The van der Waals surface area contributed by atoms with E-state index in [0.29, 0.717) is 18.5 Å². The number of nitrogen functional groups attached to an aromatic ring is 1. The second-order valence-corrected chi connectivity index (χ2v) is 4.70. The summed E-state index contributed by atoms with van der Waals surface area (Å²) in [5, 5.41) is 3.15. The number of unbranched alkanes of at least 4 members (excludes halogenated alkanes) is 1. The van der Waals surface area contributed by atoms with Gasteiger partial charge < -0.3 is 15.0 Å². The molecule has 0 aliphatic carbocycles. The molecule has 0 amide bonds. The molecule has 20 heavy (non-hydrogen) atoms. The lowest BCUT2D eigenvalue weighted by atomic mass is 10.3. The molecule has 1 aromatic rings. The quantitative estimate of drug-likeness (QED) is 0.328. The summed E-state index contributed by atoms with van der Waals surface area (Å²) in [5.74, 6) is 6.10. The zero-order valence-electron chi connectivity index (χ0n) is 12.5. The van der Waals surface area contributed by atoms with Crippen molar-refractivity contribution in [2.45, 2.75) is 26.2 Å². The molecule has 4 N–H and O–H groups in total. The molecular weight excluding hydrogens is 258 g/mol. The lowest BCUT2D eigenvalue weighted by Crippen LogP contribution is -2.16. The highest BCUT2D eigenvalue weighted by molar-refractivity contribution is 5.34. The third-order valence-electron chi connectivity index (χ3n) is 2.49. The Bertz CT molecular complexity index is 386. The Labute approximate surface area is 120 Å². The average Bonchev–Trinajstić information content (AvgIpc) is 2.44. The maximum absolute atomic E-state index is 5.39. The fourth-order valence-electron chi connectivity index (χ4n) is 1.51. The van der Waals surface area contributed by atoms with Gasteiger partial charge in [-0.25, -0.2) is 5.84 Å². The van der Waals surface area contributed by atoms with Gasteiger partial charge in [-0.05, 0) is 39.9 Å². The molecule has 0 unspecified atom stereocenters. The van der Waals surface area contributed by atoms with Crippen molar-refractivity contribution in [2.75, 3.05) is 44.5 Å². The average molecular weight is 283 g/mol. The molecule has 0 aliphatic heterocycles. The van der Waals surface area contributed by atoms with E-state index >= 15 is 0 Å². The van der Waals surface area contributed by atoms with Gasteiger partial charge in [-0.1, -0.05) is 6.92 Å². The summed E-state index contributed by atoms with van der Waals surface area (Å²) in [7, 11) is 4.13. The molecule has 1 rings (SSSR count). The zero-order valence-corrected chi connectivity index (χ0v) is 12.5. The van der Waals surface area contributed by atoms with Crippen LogP contribution in [0.4, 0.5) is 11.9 Å². The van der Waals surface area contributed by atoms with E-state index < -0.39 is 0 Å². The lowest BCUT2D eigenvalue weighted by Gasteiger charge is -2.10. The van der Waals surface area contributed by atoms with E-state index in [1.807, 2.05) is 6.92 Å². The van der Waals surface area contributed by atoms with Crippen LogP contribution in [-0.4, -0.2) is 53.6 Å². The number of nitrogens with one attached hydrogen (secondary N) is 2. The smallest absolute Gasteiger partial charge is 0.323 e. The lowest BCUT2D eigenvalue weighted by molar-refractivity contribution is 0.292. The summed E-state index contributed by atoms with van der Waals surface area (Å²) >= 11 is 0. The third-order valence-corrected chi connectivity index (χ3v) is 2.49. The molecule has 0 aliphatic rings. The monoisotopic (exact) mass is 283 g/mol. The minimum Gasteiger partial charge on any atom is -0.463 e. The molecule has 1 aromatic heterocycles. The predicted molar refractivity (Wildman–Crippen MR) is 79.7 cm³/mol. The number of rotatable bonds is 10. The summed E-state index contributed by atoms with van der Waals surface area (Å²) in [6, 6.07) is 0.283. The van der Waals surface area contributed by atoms with Crippen molar-refractivity contribution in [3.63, 3.8) is 0 Å². The Balaban J connectivity index is 2.46. The molecule has 114 valence electrons. The van der Waals surface area contributed by atoms with Crippen molar-refractivity contribution in [1.82, 2.24) is 19.9 Å². The predicted octanol–water partition coefficient (Wildman–Crippen LogP) is 0.700. The summed E-state index contributed by atoms with van der Waals surface area (Å²) < 4.78 is 5.39. The zero-order chi connectivity index (χ0) is 14.8. The van der Waals surface area contributed by atoms with Crippen LogP contribution in [0.5, 0.6) is 6.01 Å². The van der Waals surface area contributed by atoms with E-state index in [1.165, 1.54) is 0 Å². The molecule has 0 bridgehead atoms. The van der Waals surface area contributed by atoms with E-state index in [1.54, 1.807) is 0 Å². The normalized spacial score (nSPS) is 10.7. The van der Waals surface area contributed by atoms with Crippen LogP contribution in [0.15, 0.2) is 0 Å². The van der Waals surface area contributed by atoms with Gasteiger partial charge in [0.1, 0.15) is 0 Å². The second-order valence-electron chi connectivity index (χ2n) is 4.70. The first-order chi connectivity index (χ1) is 9.65. The largest absolute Gasteiger partial charge is 0.463 e. The van der Waals surface area contributed by atoms with Crippen LogP contribution in [-0.2, 0) is 0 Å². The van der Waals surface area contributed by atoms with Crippen LogP contribution in [0.25, 0.3) is 0 Å². The highest BCUT2D eigenvalue weighted by atomic mass is 16.5. The Morgan fingerprint density at radius 1 is 1.15 bits per heavy atom. The highest BCUT2D eigenvalue weighted by Gasteiger charge is 2.06. The maximum Gasteiger partial charge on any atom is 0.323 e.